The second-order valence-electron chi connectivity index (χ2n) is 4.98. The van der Waals surface area contributed by atoms with Gasteiger partial charge < -0.3 is 4.74 Å². The molecular formula is C16H25ClN2O. The van der Waals surface area contributed by atoms with E-state index in [1.807, 2.05) is 37.3 Å². The van der Waals surface area contributed by atoms with E-state index in [-0.39, 0.29) is 12.1 Å². The van der Waals surface area contributed by atoms with Crippen LogP contribution < -0.4 is 16.0 Å². The minimum absolute atomic E-state index is 0.00197. The van der Waals surface area contributed by atoms with Crippen LogP contribution in [0.1, 0.15) is 39.0 Å². The topological polar surface area (TPSA) is 47.3 Å². The Kier molecular flexibility index (Phi) is 8.35. The standard InChI is InChI=1S/C16H25ClN2O/c1-3-4-5-6-7-11-16(19-18)13(2)20-15-10-8-9-14(17)12-15/h3,8-10,12-13,16,19H,1,4-7,11,18H2,2H3. The number of nitrogens with one attached hydrogen (secondary N) is 1. The molecule has 3 N–H and O–H groups in total. The van der Waals surface area contributed by atoms with Gasteiger partial charge in [0.2, 0.25) is 0 Å². The molecule has 20 heavy (non-hydrogen) atoms. The predicted octanol–water partition coefficient (Wildman–Crippen LogP) is 4.08. The van der Waals surface area contributed by atoms with Gasteiger partial charge in [-0.3, -0.25) is 11.3 Å². The molecule has 0 bridgehead atoms. The molecular weight excluding hydrogens is 272 g/mol. The first-order valence-electron chi connectivity index (χ1n) is 7.16. The number of allylic oxidation sites excluding steroid dienone is 1. The molecule has 0 spiro atoms. The number of benzene rings is 1. The van der Waals surface area contributed by atoms with Gasteiger partial charge in [0, 0.05) is 5.02 Å². The van der Waals surface area contributed by atoms with E-state index in [0.717, 1.165) is 25.0 Å². The van der Waals surface area contributed by atoms with E-state index in [0.29, 0.717) is 5.02 Å². The van der Waals surface area contributed by atoms with Crippen molar-refractivity contribution in [3.05, 3.63) is 41.9 Å². The normalized spacial score (nSPS) is 13.8. The molecule has 0 saturated heterocycles. The van der Waals surface area contributed by atoms with Crippen LogP contribution in [0.25, 0.3) is 0 Å². The molecule has 0 aliphatic heterocycles. The average molecular weight is 297 g/mol. The highest BCUT2D eigenvalue weighted by molar-refractivity contribution is 6.30. The lowest BCUT2D eigenvalue weighted by Crippen LogP contribution is -2.45. The van der Waals surface area contributed by atoms with Crippen LogP contribution in [0.3, 0.4) is 0 Å². The van der Waals surface area contributed by atoms with Gasteiger partial charge in [-0.2, -0.15) is 0 Å². The number of hydrogen-bond acceptors (Lipinski definition) is 3. The van der Waals surface area contributed by atoms with E-state index in [2.05, 4.69) is 12.0 Å². The Labute approximate surface area is 127 Å². The summed E-state index contributed by atoms with van der Waals surface area (Å²) in [6.07, 6.45) is 7.54. The first kappa shape index (κ1) is 17.0. The van der Waals surface area contributed by atoms with E-state index in [1.165, 1.54) is 12.8 Å². The van der Waals surface area contributed by atoms with E-state index in [1.54, 1.807) is 0 Å². The van der Waals surface area contributed by atoms with Gasteiger partial charge in [-0.05, 0) is 44.4 Å². The number of hydrazine groups is 1. The number of nitrogens with two attached hydrogens (primary N) is 1. The van der Waals surface area contributed by atoms with Crippen LogP contribution in [-0.4, -0.2) is 12.1 Å². The van der Waals surface area contributed by atoms with Crippen molar-refractivity contribution in [1.82, 2.24) is 5.43 Å². The Morgan fingerprint density at radius 1 is 1.40 bits per heavy atom. The molecule has 1 aromatic rings. The van der Waals surface area contributed by atoms with Crippen molar-refractivity contribution in [2.24, 2.45) is 5.84 Å². The largest absolute Gasteiger partial charge is 0.489 e. The molecule has 0 heterocycles. The average Bonchev–Trinajstić information content (AvgIpc) is 2.42. The maximum absolute atomic E-state index is 5.95. The summed E-state index contributed by atoms with van der Waals surface area (Å²) in [5, 5.41) is 0.677. The van der Waals surface area contributed by atoms with Gasteiger partial charge in [0.25, 0.3) is 0 Å². The fourth-order valence-electron chi connectivity index (χ4n) is 2.12. The van der Waals surface area contributed by atoms with Gasteiger partial charge in [-0.1, -0.05) is 36.6 Å². The van der Waals surface area contributed by atoms with Crippen molar-refractivity contribution in [2.45, 2.75) is 51.2 Å². The Morgan fingerprint density at radius 3 is 2.85 bits per heavy atom. The van der Waals surface area contributed by atoms with Crippen LogP contribution in [0, 0.1) is 0 Å². The third-order valence-corrected chi connectivity index (χ3v) is 3.56. The lowest BCUT2D eigenvalue weighted by Gasteiger charge is -2.24. The molecule has 0 radical (unpaired) electrons. The maximum atomic E-state index is 5.95. The van der Waals surface area contributed by atoms with Gasteiger partial charge in [0.15, 0.2) is 0 Å². The smallest absolute Gasteiger partial charge is 0.121 e. The molecule has 0 aliphatic rings. The predicted molar refractivity (Wildman–Crippen MR) is 85.9 cm³/mol. The van der Waals surface area contributed by atoms with Crippen molar-refractivity contribution in [3.8, 4) is 5.75 Å². The Balaban J connectivity index is 2.38. The molecule has 112 valence electrons. The fraction of sp³-hybridized carbons (Fsp3) is 0.500. The number of halogens is 1. The monoisotopic (exact) mass is 296 g/mol. The Morgan fingerprint density at radius 2 is 2.20 bits per heavy atom. The van der Waals surface area contributed by atoms with Crippen molar-refractivity contribution >= 4 is 11.6 Å². The molecule has 2 unspecified atom stereocenters. The quantitative estimate of drug-likeness (QED) is 0.296. The van der Waals surface area contributed by atoms with Crippen LogP contribution in [0.2, 0.25) is 5.02 Å². The Bertz CT molecular complexity index is 398. The van der Waals surface area contributed by atoms with E-state index in [9.17, 15) is 0 Å². The molecule has 3 nitrogen and oxygen atoms in total. The van der Waals surface area contributed by atoms with E-state index < -0.39 is 0 Å². The van der Waals surface area contributed by atoms with E-state index in [4.69, 9.17) is 22.2 Å². The molecule has 1 rings (SSSR count). The zero-order valence-electron chi connectivity index (χ0n) is 12.1. The highest BCUT2D eigenvalue weighted by atomic mass is 35.5. The van der Waals surface area contributed by atoms with Crippen LogP contribution in [0.15, 0.2) is 36.9 Å². The van der Waals surface area contributed by atoms with Crippen LogP contribution in [-0.2, 0) is 0 Å². The highest BCUT2D eigenvalue weighted by Gasteiger charge is 2.17. The number of rotatable bonds is 10. The summed E-state index contributed by atoms with van der Waals surface area (Å²) in [6, 6.07) is 7.57. The Hall–Kier alpha value is -1.03. The minimum atomic E-state index is -0.00197. The van der Waals surface area contributed by atoms with Crippen molar-refractivity contribution < 1.29 is 4.74 Å². The second-order valence-corrected chi connectivity index (χ2v) is 5.42. The van der Waals surface area contributed by atoms with Crippen molar-refractivity contribution in [3.63, 3.8) is 0 Å². The van der Waals surface area contributed by atoms with Gasteiger partial charge >= 0.3 is 0 Å². The van der Waals surface area contributed by atoms with Crippen molar-refractivity contribution in [2.75, 3.05) is 0 Å². The zero-order chi connectivity index (χ0) is 14.8. The first-order chi connectivity index (χ1) is 9.67. The zero-order valence-corrected chi connectivity index (χ0v) is 12.9. The number of ether oxygens (including phenoxy) is 1. The maximum Gasteiger partial charge on any atom is 0.121 e. The molecule has 0 saturated carbocycles. The van der Waals surface area contributed by atoms with Crippen LogP contribution in [0.4, 0.5) is 0 Å². The number of unbranched alkanes of at least 4 members (excludes halogenated alkanes) is 3. The third-order valence-electron chi connectivity index (χ3n) is 3.32. The highest BCUT2D eigenvalue weighted by Crippen LogP contribution is 2.20. The molecule has 1 aromatic carbocycles. The second kappa shape index (κ2) is 9.81. The molecule has 0 fully saturated rings. The van der Waals surface area contributed by atoms with Crippen LogP contribution >= 0.6 is 11.6 Å². The van der Waals surface area contributed by atoms with E-state index >= 15 is 0 Å². The molecule has 4 heteroatoms. The summed E-state index contributed by atoms with van der Waals surface area (Å²) in [7, 11) is 0. The molecule has 0 aromatic heterocycles. The van der Waals surface area contributed by atoms with Crippen molar-refractivity contribution in [1.29, 1.82) is 0 Å². The summed E-state index contributed by atoms with van der Waals surface area (Å²) < 4.78 is 5.88. The first-order valence-corrected chi connectivity index (χ1v) is 7.54. The minimum Gasteiger partial charge on any atom is -0.489 e. The third kappa shape index (κ3) is 6.42. The van der Waals surface area contributed by atoms with Crippen LogP contribution in [0.5, 0.6) is 5.75 Å². The summed E-state index contributed by atoms with van der Waals surface area (Å²) in [5.41, 5.74) is 2.85. The molecule has 2 atom stereocenters. The lowest BCUT2D eigenvalue weighted by molar-refractivity contribution is 0.163. The number of hydrogen-bond donors (Lipinski definition) is 2. The SMILES string of the molecule is C=CCCCCCC(NN)C(C)Oc1cccc(Cl)c1. The lowest BCUT2D eigenvalue weighted by atomic mass is 10.0. The molecule has 0 aliphatic carbocycles. The summed E-state index contributed by atoms with van der Waals surface area (Å²) >= 11 is 5.95. The summed E-state index contributed by atoms with van der Waals surface area (Å²) in [6.45, 7) is 5.75. The summed E-state index contributed by atoms with van der Waals surface area (Å²) in [4.78, 5) is 0. The fourth-order valence-corrected chi connectivity index (χ4v) is 2.30. The van der Waals surface area contributed by atoms with Gasteiger partial charge in [-0.15, -0.1) is 6.58 Å². The van der Waals surface area contributed by atoms with Gasteiger partial charge in [0.05, 0.1) is 6.04 Å². The van der Waals surface area contributed by atoms with Gasteiger partial charge in [0.1, 0.15) is 11.9 Å². The molecule has 0 amide bonds. The summed E-state index contributed by atoms with van der Waals surface area (Å²) in [5.74, 6) is 6.40. The van der Waals surface area contributed by atoms with Gasteiger partial charge in [-0.25, -0.2) is 0 Å².